The van der Waals surface area contributed by atoms with Gasteiger partial charge in [-0.15, -0.1) is 0 Å². The number of benzene rings is 2. The van der Waals surface area contributed by atoms with Crippen LogP contribution in [0.3, 0.4) is 0 Å². The van der Waals surface area contributed by atoms with E-state index in [0.717, 1.165) is 5.69 Å². The Hall–Kier alpha value is -2.80. The van der Waals surface area contributed by atoms with E-state index in [2.05, 4.69) is 11.4 Å². The summed E-state index contributed by atoms with van der Waals surface area (Å²) in [6, 6.07) is 18.8. The summed E-state index contributed by atoms with van der Waals surface area (Å²) in [4.78, 5) is 14.0. The fourth-order valence-corrected chi connectivity index (χ4v) is 2.11. The number of anilines is 2. The molecule has 2 rings (SSSR count). The third-order valence-corrected chi connectivity index (χ3v) is 3.16. The number of carbonyl (C=O) groups is 1. The molecule has 0 spiro atoms. The minimum atomic E-state index is -0.0311. The largest absolute Gasteiger partial charge is 0.375 e. The van der Waals surface area contributed by atoms with Crippen LogP contribution in [0.4, 0.5) is 11.4 Å². The molecule has 0 atom stereocenters. The molecule has 2 aromatic rings. The Kier molecular flexibility index (Phi) is 4.94. The average molecular weight is 279 g/mol. The second-order valence-electron chi connectivity index (χ2n) is 4.48. The van der Waals surface area contributed by atoms with Gasteiger partial charge in [0.25, 0.3) is 0 Å². The van der Waals surface area contributed by atoms with Gasteiger partial charge in [0.1, 0.15) is 6.07 Å². The number of hydrogen-bond donors (Lipinski definition) is 1. The monoisotopic (exact) mass is 279 g/mol. The average Bonchev–Trinajstić information content (AvgIpc) is 2.55. The molecule has 1 amide bonds. The number of amides is 1. The Morgan fingerprint density at radius 3 is 2.48 bits per heavy atom. The van der Waals surface area contributed by atoms with Crippen molar-refractivity contribution in [2.24, 2.45) is 0 Å². The second kappa shape index (κ2) is 7.11. The molecule has 0 bridgehead atoms. The van der Waals surface area contributed by atoms with E-state index in [0.29, 0.717) is 17.8 Å². The molecule has 0 fully saturated rings. The van der Waals surface area contributed by atoms with Crippen molar-refractivity contribution < 1.29 is 4.79 Å². The standard InChI is InChI=1S/C17H17N3O/c1-2-20(15-9-4-3-5-10-15)17(21)13-19-16-11-7-6-8-14(16)12-18/h3-11,19H,2,13H2,1H3. The Morgan fingerprint density at radius 2 is 1.81 bits per heavy atom. The highest BCUT2D eigenvalue weighted by atomic mass is 16.2. The summed E-state index contributed by atoms with van der Waals surface area (Å²) in [6.07, 6.45) is 0. The molecule has 0 aliphatic carbocycles. The minimum Gasteiger partial charge on any atom is -0.375 e. The summed E-state index contributed by atoms with van der Waals surface area (Å²) in [7, 11) is 0. The maximum absolute atomic E-state index is 12.3. The molecule has 1 N–H and O–H groups in total. The molecule has 4 nitrogen and oxygen atoms in total. The van der Waals surface area contributed by atoms with Crippen molar-refractivity contribution in [1.82, 2.24) is 0 Å². The lowest BCUT2D eigenvalue weighted by molar-refractivity contribution is -0.116. The Balaban J connectivity index is 2.06. The van der Waals surface area contributed by atoms with Crippen LogP contribution >= 0.6 is 0 Å². The Morgan fingerprint density at radius 1 is 1.14 bits per heavy atom. The number of rotatable bonds is 5. The van der Waals surface area contributed by atoms with E-state index in [4.69, 9.17) is 5.26 Å². The molecular formula is C17H17N3O. The third-order valence-electron chi connectivity index (χ3n) is 3.16. The van der Waals surface area contributed by atoms with Gasteiger partial charge in [-0.2, -0.15) is 5.26 Å². The van der Waals surface area contributed by atoms with Gasteiger partial charge in [-0.1, -0.05) is 30.3 Å². The van der Waals surface area contributed by atoms with Crippen molar-refractivity contribution in [3.8, 4) is 6.07 Å². The highest BCUT2D eigenvalue weighted by molar-refractivity contribution is 5.96. The summed E-state index contributed by atoms with van der Waals surface area (Å²) in [5, 5.41) is 12.1. The predicted octanol–water partition coefficient (Wildman–Crippen LogP) is 3.02. The van der Waals surface area contributed by atoms with Gasteiger partial charge < -0.3 is 10.2 Å². The van der Waals surface area contributed by atoms with Gasteiger partial charge in [0.15, 0.2) is 0 Å². The lowest BCUT2D eigenvalue weighted by Crippen LogP contribution is -2.35. The molecule has 2 aromatic carbocycles. The zero-order valence-corrected chi connectivity index (χ0v) is 11.9. The Bertz CT molecular complexity index is 647. The van der Waals surface area contributed by atoms with Gasteiger partial charge in [-0.25, -0.2) is 0 Å². The van der Waals surface area contributed by atoms with Crippen molar-refractivity contribution in [2.45, 2.75) is 6.92 Å². The zero-order valence-electron chi connectivity index (χ0n) is 11.9. The fourth-order valence-electron chi connectivity index (χ4n) is 2.11. The van der Waals surface area contributed by atoms with Crippen LogP contribution in [-0.2, 0) is 4.79 Å². The first-order valence-electron chi connectivity index (χ1n) is 6.84. The molecule has 0 unspecified atom stereocenters. The lowest BCUT2D eigenvalue weighted by atomic mass is 10.2. The molecule has 21 heavy (non-hydrogen) atoms. The number of nitrogens with one attached hydrogen (secondary N) is 1. The molecule has 0 saturated heterocycles. The number of hydrogen-bond acceptors (Lipinski definition) is 3. The van der Waals surface area contributed by atoms with Crippen molar-refractivity contribution in [1.29, 1.82) is 5.26 Å². The first kappa shape index (κ1) is 14.6. The van der Waals surface area contributed by atoms with Crippen LogP contribution in [0.5, 0.6) is 0 Å². The predicted molar refractivity (Wildman–Crippen MR) is 84.1 cm³/mol. The van der Waals surface area contributed by atoms with Gasteiger partial charge in [-0.3, -0.25) is 4.79 Å². The Labute approximate surface area is 124 Å². The first-order chi connectivity index (χ1) is 10.3. The van der Waals surface area contributed by atoms with Crippen molar-refractivity contribution in [2.75, 3.05) is 23.3 Å². The van der Waals surface area contributed by atoms with E-state index in [1.54, 1.807) is 23.1 Å². The highest BCUT2D eigenvalue weighted by Crippen LogP contribution is 2.15. The maximum atomic E-state index is 12.3. The summed E-state index contributed by atoms with van der Waals surface area (Å²) in [5.74, 6) is -0.0311. The maximum Gasteiger partial charge on any atom is 0.246 e. The molecule has 106 valence electrons. The SMILES string of the molecule is CCN(C(=O)CNc1ccccc1C#N)c1ccccc1. The van der Waals surface area contributed by atoms with E-state index in [1.165, 1.54) is 0 Å². The van der Waals surface area contributed by atoms with Crippen LogP contribution in [-0.4, -0.2) is 19.0 Å². The number of carbonyl (C=O) groups excluding carboxylic acids is 1. The smallest absolute Gasteiger partial charge is 0.246 e. The molecule has 0 aliphatic heterocycles. The van der Waals surface area contributed by atoms with Crippen molar-refractivity contribution in [3.05, 3.63) is 60.2 Å². The summed E-state index contributed by atoms with van der Waals surface area (Å²) in [6.45, 7) is 2.69. The van der Waals surface area contributed by atoms with E-state index >= 15 is 0 Å². The summed E-state index contributed by atoms with van der Waals surface area (Å²) in [5.41, 5.74) is 2.09. The molecule has 0 saturated carbocycles. The second-order valence-corrected chi connectivity index (χ2v) is 4.48. The number of nitriles is 1. The lowest BCUT2D eigenvalue weighted by Gasteiger charge is -2.21. The van der Waals surface area contributed by atoms with E-state index < -0.39 is 0 Å². The topological polar surface area (TPSA) is 56.1 Å². The fraction of sp³-hybridized carbons (Fsp3) is 0.176. The van der Waals surface area contributed by atoms with Crippen LogP contribution in [0.1, 0.15) is 12.5 Å². The van der Waals surface area contributed by atoms with Gasteiger partial charge in [0.05, 0.1) is 17.8 Å². The summed E-state index contributed by atoms with van der Waals surface area (Å²) < 4.78 is 0. The first-order valence-corrected chi connectivity index (χ1v) is 6.84. The van der Waals surface area contributed by atoms with Crippen molar-refractivity contribution in [3.63, 3.8) is 0 Å². The molecule has 4 heteroatoms. The van der Waals surface area contributed by atoms with E-state index in [9.17, 15) is 4.79 Å². The zero-order chi connectivity index (χ0) is 15.1. The van der Waals surface area contributed by atoms with Crippen LogP contribution in [0.2, 0.25) is 0 Å². The molecular weight excluding hydrogens is 262 g/mol. The van der Waals surface area contributed by atoms with E-state index in [-0.39, 0.29) is 12.5 Å². The normalized spacial score (nSPS) is 9.71. The van der Waals surface area contributed by atoms with Crippen LogP contribution in [0, 0.1) is 11.3 Å². The van der Waals surface area contributed by atoms with Gasteiger partial charge in [0.2, 0.25) is 5.91 Å². The van der Waals surface area contributed by atoms with Crippen LogP contribution < -0.4 is 10.2 Å². The molecule has 0 aromatic heterocycles. The number of para-hydroxylation sites is 2. The van der Waals surface area contributed by atoms with Gasteiger partial charge in [0, 0.05) is 12.2 Å². The summed E-state index contributed by atoms with van der Waals surface area (Å²) >= 11 is 0. The highest BCUT2D eigenvalue weighted by Gasteiger charge is 2.13. The van der Waals surface area contributed by atoms with E-state index in [1.807, 2.05) is 43.3 Å². The van der Waals surface area contributed by atoms with Crippen LogP contribution in [0.15, 0.2) is 54.6 Å². The minimum absolute atomic E-state index is 0.0311. The molecule has 0 aliphatic rings. The van der Waals surface area contributed by atoms with Crippen molar-refractivity contribution >= 4 is 17.3 Å². The van der Waals surface area contributed by atoms with Gasteiger partial charge >= 0.3 is 0 Å². The molecule has 0 heterocycles. The van der Waals surface area contributed by atoms with Gasteiger partial charge in [-0.05, 0) is 31.2 Å². The molecule has 0 radical (unpaired) electrons. The number of likely N-dealkylation sites (N-methyl/N-ethyl adjacent to an activating group) is 1. The third kappa shape index (κ3) is 3.61. The quantitative estimate of drug-likeness (QED) is 0.915. The number of nitrogens with zero attached hydrogens (tertiary/aromatic N) is 2. The van der Waals surface area contributed by atoms with Crippen LogP contribution in [0.25, 0.3) is 0 Å².